The first-order valence-corrected chi connectivity index (χ1v) is 7.44. The number of furan rings is 1. The zero-order valence-electron chi connectivity index (χ0n) is 12.5. The van der Waals surface area contributed by atoms with Crippen LogP contribution in [0.25, 0.3) is 11.0 Å². The maximum atomic E-state index is 12.6. The lowest BCUT2D eigenvalue weighted by Crippen LogP contribution is -2.35. The van der Waals surface area contributed by atoms with Crippen LogP contribution < -0.4 is 0 Å². The van der Waals surface area contributed by atoms with Crippen molar-refractivity contribution in [1.82, 2.24) is 4.90 Å². The predicted octanol–water partition coefficient (Wildman–Crippen LogP) is 3.66. The molecule has 5 nitrogen and oxygen atoms in total. The van der Waals surface area contributed by atoms with Gasteiger partial charge in [0.15, 0.2) is 5.76 Å². The predicted molar refractivity (Wildman–Crippen MR) is 84.2 cm³/mol. The number of carbonyl (C=O) groups is 2. The van der Waals surface area contributed by atoms with Crippen molar-refractivity contribution in [3.8, 4) is 0 Å². The molecule has 1 heterocycles. The molecule has 0 aliphatic rings. The number of nitrogens with zero attached hydrogens (tertiary/aromatic N) is 1. The van der Waals surface area contributed by atoms with Gasteiger partial charge in [-0.3, -0.25) is 9.59 Å². The highest BCUT2D eigenvalue weighted by molar-refractivity contribution is 6.31. The summed E-state index contributed by atoms with van der Waals surface area (Å²) in [5.74, 6) is -0.805. The minimum Gasteiger partial charge on any atom is -0.481 e. The summed E-state index contributed by atoms with van der Waals surface area (Å²) >= 11 is 5.92. The van der Waals surface area contributed by atoms with Crippen molar-refractivity contribution in [3.63, 3.8) is 0 Å². The van der Waals surface area contributed by atoms with E-state index in [2.05, 4.69) is 0 Å². The molecular formula is C16H18ClNO4. The lowest BCUT2D eigenvalue weighted by Gasteiger charge is -2.22. The van der Waals surface area contributed by atoms with E-state index < -0.39 is 5.97 Å². The number of halogens is 1. The first kappa shape index (κ1) is 16.4. The number of hydrogen-bond acceptors (Lipinski definition) is 3. The van der Waals surface area contributed by atoms with Crippen LogP contribution >= 0.6 is 11.6 Å². The number of benzene rings is 1. The topological polar surface area (TPSA) is 70.8 Å². The van der Waals surface area contributed by atoms with Gasteiger partial charge in [0.25, 0.3) is 5.91 Å². The molecule has 1 N–H and O–H groups in total. The van der Waals surface area contributed by atoms with E-state index in [1.807, 2.05) is 13.8 Å². The summed E-state index contributed by atoms with van der Waals surface area (Å²) in [6.45, 7) is 4.58. The van der Waals surface area contributed by atoms with Crippen LogP contribution in [0.4, 0.5) is 0 Å². The Bertz CT molecular complexity index is 693. The monoisotopic (exact) mass is 323 g/mol. The summed E-state index contributed by atoms with van der Waals surface area (Å²) in [6, 6.07) is 6.76. The van der Waals surface area contributed by atoms with E-state index in [9.17, 15) is 9.59 Å². The Labute approximate surface area is 133 Å². The van der Waals surface area contributed by atoms with E-state index in [-0.39, 0.29) is 30.6 Å². The van der Waals surface area contributed by atoms with Crippen molar-refractivity contribution in [3.05, 3.63) is 35.0 Å². The molecule has 0 saturated carbocycles. The lowest BCUT2D eigenvalue weighted by molar-refractivity contribution is -0.137. The Hall–Kier alpha value is -2.01. The minimum absolute atomic E-state index is 0.0927. The van der Waals surface area contributed by atoms with Gasteiger partial charge in [-0.15, -0.1) is 0 Å². The largest absolute Gasteiger partial charge is 0.481 e. The number of hydrogen-bond donors (Lipinski definition) is 1. The SMILES string of the molecule is CC(C)CN(CCC(=O)O)C(=O)c1cc2cc(Cl)ccc2o1. The molecule has 0 unspecified atom stereocenters. The molecule has 0 atom stereocenters. The number of carbonyl (C=O) groups excluding carboxylic acids is 1. The van der Waals surface area contributed by atoms with Gasteiger partial charge in [0.1, 0.15) is 5.58 Å². The molecule has 6 heteroatoms. The lowest BCUT2D eigenvalue weighted by atomic mass is 10.2. The van der Waals surface area contributed by atoms with Crippen molar-refractivity contribution in [2.75, 3.05) is 13.1 Å². The molecule has 118 valence electrons. The summed E-state index contributed by atoms with van der Waals surface area (Å²) in [4.78, 5) is 24.8. The van der Waals surface area contributed by atoms with Crippen LogP contribution in [0.3, 0.4) is 0 Å². The van der Waals surface area contributed by atoms with Crippen LogP contribution in [-0.4, -0.2) is 35.0 Å². The number of aliphatic carboxylic acids is 1. The fourth-order valence-electron chi connectivity index (χ4n) is 2.22. The van der Waals surface area contributed by atoms with E-state index in [1.54, 1.807) is 24.3 Å². The molecule has 0 spiro atoms. The number of carboxylic acids is 1. The van der Waals surface area contributed by atoms with Crippen LogP contribution in [0, 0.1) is 5.92 Å². The average Bonchev–Trinajstić information content (AvgIpc) is 2.85. The summed E-state index contributed by atoms with van der Waals surface area (Å²) in [7, 11) is 0. The second-order valence-electron chi connectivity index (χ2n) is 5.58. The van der Waals surface area contributed by atoms with E-state index >= 15 is 0 Å². The van der Waals surface area contributed by atoms with Crippen LogP contribution in [0.2, 0.25) is 5.02 Å². The smallest absolute Gasteiger partial charge is 0.305 e. The Morgan fingerprint density at radius 2 is 2.05 bits per heavy atom. The van der Waals surface area contributed by atoms with Crippen molar-refractivity contribution < 1.29 is 19.1 Å². The van der Waals surface area contributed by atoms with Crippen LogP contribution in [0.5, 0.6) is 0 Å². The van der Waals surface area contributed by atoms with E-state index in [4.69, 9.17) is 21.1 Å². The second-order valence-corrected chi connectivity index (χ2v) is 6.02. The van der Waals surface area contributed by atoms with E-state index in [0.29, 0.717) is 17.2 Å². The van der Waals surface area contributed by atoms with E-state index in [0.717, 1.165) is 5.39 Å². The molecule has 0 bridgehead atoms. The molecule has 2 aromatic rings. The molecule has 0 aliphatic carbocycles. The Balaban J connectivity index is 2.24. The van der Waals surface area contributed by atoms with Crippen molar-refractivity contribution in [2.45, 2.75) is 20.3 Å². The van der Waals surface area contributed by atoms with Crippen LogP contribution in [0.1, 0.15) is 30.8 Å². The van der Waals surface area contributed by atoms with Gasteiger partial charge in [0.2, 0.25) is 0 Å². The molecular weight excluding hydrogens is 306 g/mol. The third kappa shape index (κ3) is 4.01. The van der Waals surface area contributed by atoms with Crippen molar-refractivity contribution in [2.24, 2.45) is 5.92 Å². The third-order valence-electron chi connectivity index (χ3n) is 3.16. The molecule has 22 heavy (non-hydrogen) atoms. The normalized spacial score (nSPS) is 11.1. The number of fused-ring (bicyclic) bond motifs is 1. The van der Waals surface area contributed by atoms with Gasteiger partial charge in [-0.1, -0.05) is 25.4 Å². The van der Waals surface area contributed by atoms with E-state index in [1.165, 1.54) is 4.90 Å². The molecule has 0 radical (unpaired) electrons. The number of amides is 1. The Kier molecular flexibility index (Phi) is 5.08. The van der Waals surface area contributed by atoms with Crippen molar-refractivity contribution in [1.29, 1.82) is 0 Å². The first-order valence-electron chi connectivity index (χ1n) is 7.07. The summed E-state index contributed by atoms with van der Waals surface area (Å²) < 4.78 is 5.56. The van der Waals surface area contributed by atoms with Gasteiger partial charge in [0.05, 0.1) is 6.42 Å². The van der Waals surface area contributed by atoms with Gasteiger partial charge in [-0.25, -0.2) is 0 Å². The number of carboxylic acid groups (broad SMARTS) is 1. The maximum absolute atomic E-state index is 12.6. The fraction of sp³-hybridized carbons (Fsp3) is 0.375. The quantitative estimate of drug-likeness (QED) is 0.880. The van der Waals surface area contributed by atoms with Gasteiger partial charge < -0.3 is 14.4 Å². The molecule has 0 aliphatic heterocycles. The van der Waals surface area contributed by atoms with Gasteiger partial charge in [-0.2, -0.15) is 0 Å². The van der Waals surface area contributed by atoms with Gasteiger partial charge in [0, 0.05) is 23.5 Å². The average molecular weight is 324 g/mol. The van der Waals surface area contributed by atoms with Crippen LogP contribution in [-0.2, 0) is 4.79 Å². The molecule has 0 fully saturated rings. The van der Waals surface area contributed by atoms with Crippen molar-refractivity contribution >= 4 is 34.4 Å². The zero-order chi connectivity index (χ0) is 16.3. The fourth-order valence-corrected chi connectivity index (χ4v) is 2.40. The summed E-state index contributed by atoms with van der Waals surface area (Å²) in [5, 5.41) is 10.1. The highest BCUT2D eigenvalue weighted by atomic mass is 35.5. The Morgan fingerprint density at radius 1 is 1.32 bits per heavy atom. The molecule has 1 aromatic carbocycles. The van der Waals surface area contributed by atoms with Gasteiger partial charge >= 0.3 is 5.97 Å². The molecule has 2 rings (SSSR count). The third-order valence-corrected chi connectivity index (χ3v) is 3.39. The standard InChI is InChI=1S/C16H18ClNO4/c1-10(2)9-18(6-5-15(19)20)16(21)14-8-11-7-12(17)3-4-13(11)22-14/h3-4,7-8,10H,5-6,9H2,1-2H3,(H,19,20). The molecule has 0 saturated heterocycles. The molecule has 1 amide bonds. The highest BCUT2D eigenvalue weighted by Gasteiger charge is 2.21. The second kappa shape index (κ2) is 6.83. The van der Waals surface area contributed by atoms with Crippen LogP contribution in [0.15, 0.2) is 28.7 Å². The highest BCUT2D eigenvalue weighted by Crippen LogP contribution is 2.24. The summed E-state index contributed by atoms with van der Waals surface area (Å²) in [5.41, 5.74) is 0.579. The number of rotatable bonds is 6. The van der Waals surface area contributed by atoms with Gasteiger partial charge in [-0.05, 0) is 30.2 Å². The Morgan fingerprint density at radius 3 is 2.68 bits per heavy atom. The summed E-state index contributed by atoms with van der Waals surface area (Å²) in [6.07, 6.45) is -0.0927. The first-order chi connectivity index (χ1) is 10.4. The minimum atomic E-state index is -0.932. The maximum Gasteiger partial charge on any atom is 0.305 e. The molecule has 1 aromatic heterocycles. The zero-order valence-corrected chi connectivity index (χ0v) is 13.3.